The predicted octanol–water partition coefficient (Wildman–Crippen LogP) is 4.40. The molecular weight excluding hydrogens is 234 g/mol. The van der Waals surface area contributed by atoms with Gasteiger partial charge in [-0.3, -0.25) is 0 Å². The Morgan fingerprint density at radius 3 is 2.00 bits per heavy atom. The van der Waals surface area contributed by atoms with E-state index in [1.165, 1.54) is 0 Å². The Bertz CT molecular complexity index is 564. The van der Waals surface area contributed by atoms with Gasteiger partial charge in [-0.1, -0.05) is 31.2 Å². The van der Waals surface area contributed by atoms with Crippen LogP contribution < -0.4 is 4.74 Å². The summed E-state index contributed by atoms with van der Waals surface area (Å²) in [7, 11) is 0. The Morgan fingerprint density at radius 2 is 1.53 bits per heavy atom. The van der Waals surface area contributed by atoms with Crippen molar-refractivity contribution in [2.24, 2.45) is 0 Å². The van der Waals surface area contributed by atoms with E-state index < -0.39 is 0 Å². The lowest BCUT2D eigenvalue weighted by molar-refractivity contribution is 0.217. The van der Waals surface area contributed by atoms with Gasteiger partial charge in [-0.2, -0.15) is 5.26 Å². The minimum Gasteiger partial charge on any atom is -0.491 e. The Hall–Kier alpha value is -2.27. The van der Waals surface area contributed by atoms with Crippen molar-refractivity contribution < 1.29 is 4.74 Å². The molecule has 0 unspecified atom stereocenters. The lowest BCUT2D eigenvalue weighted by Crippen LogP contribution is -2.09. The van der Waals surface area contributed by atoms with Gasteiger partial charge in [0.2, 0.25) is 0 Å². The second-order valence-electron chi connectivity index (χ2n) is 4.55. The molecule has 2 nitrogen and oxygen atoms in total. The van der Waals surface area contributed by atoms with E-state index in [1.54, 1.807) is 0 Å². The average molecular weight is 251 g/mol. The zero-order chi connectivity index (χ0) is 13.7. The van der Waals surface area contributed by atoms with Gasteiger partial charge in [0.05, 0.1) is 17.7 Å². The second-order valence-corrected chi connectivity index (χ2v) is 4.55. The van der Waals surface area contributed by atoms with E-state index in [0.29, 0.717) is 5.56 Å². The fraction of sp³-hybridized carbons (Fsp3) is 0.235. The van der Waals surface area contributed by atoms with E-state index in [4.69, 9.17) is 10.00 Å². The fourth-order valence-corrected chi connectivity index (χ4v) is 1.78. The summed E-state index contributed by atoms with van der Waals surface area (Å²) in [5.74, 6) is 0.895. The molecule has 2 aromatic carbocycles. The summed E-state index contributed by atoms with van der Waals surface area (Å²) < 4.78 is 5.75. The molecule has 2 heteroatoms. The van der Waals surface area contributed by atoms with Gasteiger partial charge in [0, 0.05) is 0 Å². The van der Waals surface area contributed by atoms with E-state index in [-0.39, 0.29) is 6.10 Å². The molecule has 0 fully saturated rings. The molecule has 19 heavy (non-hydrogen) atoms. The maximum Gasteiger partial charge on any atom is 0.119 e. The quantitative estimate of drug-likeness (QED) is 0.806. The van der Waals surface area contributed by atoms with E-state index in [9.17, 15) is 0 Å². The van der Waals surface area contributed by atoms with Gasteiger partial charge >= 0.3 is 0 Å². The summed E-state index contributed by atoms with van der Waals surface area (Å²) in [6, 6.07) is 17.8. The molecule has 0 saturated carbocycles. The molecule has 0 aromatic heterocycles. The smallest absolute Gasteiger partial charge is 0.119 e. The van der Waals surface area contributed by atoms with Gasteiger partial charge in [0.1, 0.15) is 5.75 Å². The van der Waals surface area contributed by atoms with Crippen molar-refractivity contribution >= 4 is 0 Å². The highest BCUT2D eigenvalue weighted by Crippen LogP contribution is 2.23. The molecule has 2 rings (SSSR count). The van der Waals surface area contributed by atoms with Crippen LogP contribution in [-0.4, -0.2) is 6.10 Å². The summed E-state index contributed by atoms with van der Waals surface area (Å²) in [6.07, 6.45) is 1.23. The number of benzene rings is 2. The summed E-state index contributed by atoms with van der Waals surface area (Å²) in [5.41, 5.74) is 2.91. The summed E-state index contributed by atoms with van der Waals surface area (Å²) >= 11 is 0. The van der Waals surface area contributed by atoms with Gasteiger partial charge in [-0.25, -0.2) is 0 Å². The Labute approximate surface area is 114 Å². The van der Waals surface area contributed by atoms with Crippen LogP contribution in [0.2, 0.25) is 0 Å². The largest absolute Gasteiger partial charge is 0.491 e. The van der Waals surface area contributed by atoms with Gasteiger partial charge in [-0.05, 0) is 48.7 Å². The maximum atomic E-state index is 8.78. The van der Waals surface area contributed by atoms with Crippen molar-refractivity contribution in [3.8, 4) is 22.9 Å². The third kappa shape index (κ3) is 3.35. The van der Waals surface area contributed by atoms with Crippen LogP contribution in [0.5, 0.6) is 5.75 Å². The standard InChI is InChI=1S/C17H17NO/c1-3-13(2)19-17-10-8-16(9-11-17)15-6-4-14(12-18)5-7-15/h4-11,13H,3H2,1-2H3/t13-/m1/s1. The number of rotatable bonds is 4. The molecule has 0 heterocycles. The zero-order valence-corrected chi connectivity index (χ0v) is 11.3. The topological polar surface area (TPSA) is 33.0 Å². The molecule has 0 bridgehead atoms. The molecule has 96 valence electrons. The minimum atomic E-state index is 0.237. The van der Waals surface area contributed by atoms with Crippen LogP contribution >= 0.6 is 0 Å². The Morgan fingerprint density at radius 1 is 1.00 bits per heavy atom. The van der Waals surface area contributed by atoms with E-state index in [0.717, 1.165) is 23.3 Å². The van der Waals surface area contributed by atoms with Crippen LogP contribution in [0.1, 0.15) is 25.8 Å². The average Bonchev–Trinajstić information content (AvgIpc) is 2.48. The van der Waals surface area contributed by atoms with E-state index in [2.05, 4.69) is 19.9 Å². The van der Waals surface area contributed by atoms with Gasteiger partial charge in [-0.15, -0.1) is 0 Å². The van der Waals surface area contributed by atoms with Crippen LogP contribution in [0.3, 0.4) is 0 Å². The molecule has 1 atom stereocenters. The summed E-state index contributed by atoms with van der Waals surface area (Å²) in [5, 5.41) is 8.78. The van der Waals surface area contributed by atoms with Crippen molar-refractivity contribution in [1.82, 2.24) is 0 Å². The molecule has 0 N–H and O–H groups in total. The first-order valence-corrected chi connectivity index (χ1v) is 6.50. The molecule has 0 saturated heterocycles. The highest BCUT2D eigenvalue weighted by molar-refractivity contribution is 5.64. The lowest BCUT2D eigenvalue weighted by atomic mass is 10.0. The molecule has 0 amide bonds. The minimum absolute atomic E-state index is 0.237. The van der Waals surface area contributed by atoms with E-state index in [1.807, 2.05) is 48.5 Å². The second kappa shape index (κ2) is 6.06. The maximum absolute atomic E-state index is 8.78. The SMILES string of the molecule is CC[C@@H](C)Oc1ccc(-c2ccc(C#N)cc2)cc1. The number of nitrogens with zero attached hydrogens (tertiary/aromatic N) is 1. The zero-order valence-electron chi connectivity index (χ0n) is 11.3. The molecule has 2 aromatic rings. The Kier molecular flexibility index (Phi) is 4.20. The molecule has 0 aliphatic heterocycles. The van der Waals surface area contributed by atoms with Crippen LogP contribution in [0.4, 0.5) is 0 Å². The number of nitriles is 1. The van der Waals surface area contributed by atoms with Gasteiger partial charge in [0.25, 0.3) is 0 Å². The summed E-state index contributed by atoms with van der Waals surface area (Å²) in [4.78, 5) is 0. The van der Waals surface area contributed by atoms with Crippen LogP contribution in [-0.2, 0) is 0 Å². The molecule has 0 aliphatic rings. The van der Waals surface area contributed by atoms with Crippen molar-refractivity contribution in [3.63, 3.8) is 0 Å². The van der Waals surface area contributed by atoms with Crippen molar-refractivity contribution in [2.45, 2.75) is 26.4 Å². The molecule has 0 radical (unpaired) electrons. The monoisotopic (exact) mass is 251 g/mol. The van der Waals surface area contributed by atoms with Gasteiger partial charge in [0.15, 0.2) is 0 Å². The Balaban J connectivity index is 2.15. The first-order valence-electron chi connectivity index (χ1n) is 6.50. The van der Waals surface area contributed by atoms with Crippen molar-refractivity contribution in [2.75, 3.05) is 0 Å². The van der Waals surface area contributed by atoms with Crippen LogP contribution in [0, 0.1) is 11.3 Å². The highest BCUT2D eigenvalue weighted by Gasteiger charge is 2.02. The van der Waals surface area contributed by atoms with Crippen molar-refractivity contribution in [1.29, 1.82) is 5.26 Å². The number of ether oxygens (including phenoxy) is 1. The number of hydrogen-bond acceptors (Lipinski definition) is 2. The highest BCUT2D eigenvalue weighted by atomic mass is 16.5. The number of hydrogen-bond donors (Lipinski definition) is 0. The van der Waals surface area contributed by atoms with Crippen LogP contribution in [0.15, 0.2) is 48.5 Å². The normalized spacial score (nSPS) is 11.6. The third-order valence-corrected chi connectivity index (χ3v) is 3.11. The first kappa shape index (κ1) is 13.2. The first-order chi connectivity index (χ1) is 9.22. The molecule has 0 aliphatic carbocycles. The van der Waals surface area contributed by atoms with Crippen molar-refractivity contribution in [3.05, 3.63) is 54.1 Å². The van der Waals surface area contributed by atoms with E-state index >= 15 is 0 Å². The fourth-order valence-electron chi connectivity index (χ4n) is 1.78. The molecule has 0 spiro atoms. The third-order valence-electron chi connectivity index (χ3n) is 3.11. The van der Waals surface area contributed by atoms with Crippen LogP contribution in [0.25, 0.3) is 11.1 Å². The predicted molar refractivity (Wildman–Crippen MR) is 77.0 cm³/mol. The van der Waals surface area contributed by atoms with Gasteiger partial charge < -0.3 is 4.74 Å². The lowest BCUT2D eigenvalue weighted by Gasteiger charge is -2.12. The molecular formula is C17H17NO. The summed E-state index contributed by atoms with van der Waals surface area (Å²) in [6.45, 7) is 4.17.